The zero-order valence-electron chi connectivity index (χ0n) is 15.4. The maximum atomic E-state index is 11.4. The fourth-order valence-corrected chi connectivity index (χ4v) is 4.01. The molecular weight excluding hydrogens is 366 g/mol. The number of hydrogen-bond acceptors (Lipinski definition) is 6. The van der Waals surface area contributed by atoms with Gasteiger partial charge in [0.25, 0.3) is 5.89 Å². The lowest BCUT2D eigenvalue weighted by atomic mass is 9.76. The molecule has 0 saturated carbocycles. The van der Waals surface area contributed by atoms with Crippen LogP contribution in [0.2, 0.25) is 0 Å². The first-order valence-electron chi connectivity index (χ1n) is 8.66. The summed E-state index contributed by atoms with van der Waals surface area (Å²) in [7, 11) is -1.80. The summed E-state index contributed by atoms with van der Waals surface area (Å²) in [6.07, 6.45) is 2.96. The van der Waals surface area contributed by atoms with Gasteiger partial charge >= 0.3 is 0 Å². The normalized spacial score (nSPS) is 16.3. The number of hydrogen-bond donors (Lipinski definition) is 1. The van der Waals surface area contributed by atoms with Crippen LogP contribution < -0.4 is 5.14 Å². The summed E-state index contributed by atoms with van der Waals surface area (Å²) in [6, 6.07) is 6.05. The molecule has 3 aromatic rings. The highest BCUT2D eigenvalue weighted by atomic mass is 32.2. The van der Waals surface area contributed by atoms with Crippen LogP contribution in [0.1, 0.15) is 31.5 Å². The Morgan fingerprint density at radius 1 is 1.22 bits per heavy atom. The molecule has 2 N–H and O–H groups in total. The van der Waals surface area contributed by atoms with Crippen LogP contribution in [0.4, 0.5) is 0 Å². The fourth-order valence-electron chi connectivity index (χ4n) is 3.49. The van der Waals surface area contributed by atoms with E-state index in [0.29, 0.717) is 17.3 Å². The van der Waals surface area contributed by atoms with Gasteiger partial charge in [-0.25, -0.2) is 13.6 Å². The van der Waals surface area contributed by atoms with Gasteiger partial charge in [0.15, 0.2) is 5.69 Å². The lowest BCUT2D eigenvalue weighted by Gasteiger charge is -2.29. The number of fused-ring (bicyclic) bond motifs is 1. The third-order valence-electron chi connectivity index (χ3n) is 5.04. The molecule has 0 unspecified atom stereocenters. The molecule has 1 aliphatic carbocycles. The topological polar surface area (TPSA) is 117 Å². The zero-order valence-corrected chi connectivity index (χ0v) is 16.2. The number of rotatable bonds is 3. The molecule has 0 amide bonds. The van der Waals surface area contributed by atoms with Crippen molar-refractivity contribution < 1.29 is 12.9 Å². The SMILES string of the molecule is Cn1nc(-c2nc(-c3ccc(S(N)(=O)=O)cc3)no2)c2c1CC(C)(C)CC2. The van der Waals surface area contributed by atoms with Gasteiger partial charge in [-0.2, -0.15) is 10.1 Å². The highest BCUT2D eigenvalue weighted by Gasteiger charge is 2.32. The maximum absolute atomic E-state index is 11.4. The van der Waals surface area contributed by atoms with Gasteiger partial charge in [0, 0.05) is 23.9 Å². The summed E-state index contributed by atoms with van der Waals surface area (Å²) in [6.45, 7) is 4.53. The molecule has 1 aromatic carbocycles. The summed E-state index contributed by atoms with van der Waals surface area (Å²) in [5.41, 5.74) is 3.99. The summed E-state index contributed by atoms with van der Waals surface area (Å²) in [5, 5.41) is 13.8. The molecule has 8 nitrogen and oxygen atoms in total. The van der Waals surface area contributed by atoms with Crippen molar-refractivity contribution in [3.05, 3.63) is 35.5 Å². The average Bonchev–Trinajstić information content (AvgIpc) is 3.19. The zero-order chi connectivity index (χ0) is 19.4. The van der Waals surface area contributed by atoms with E-state index in [1.165, 1.54) is 17.8 Å². The molecule has 27 heavy (non-hydrogen) atoms. The van der Waals surface area contributed by atoms with Crippen molar-refractivity contribution in [3.63, 3.8) is 0 Å². The van der Waals surface area contributed by atoms with Crippen LogP contribution in [0, 0.1) is 5.41 Å². The number of sulfonamides is 1. The predicted molar refractivity (Wildman–Crippen MR) is 99.1 cm³/mol. The maximum Gasteiger partial charge on any atom is 0.279 e. The van der Waals surface area contributed by atoms with Gasteiger partial charge in [-0.05, 0) is 48.9 Å². The van der Waals surface area contributed by atoms with Crippen molar-refractivity contribution in [3.8, 4) is 23.0 Å². The van der Waals surface area contributed by atoms with Crippen molar-refractivity contribution in [1.82, 2.24) is 19.9 Å². The number of primary sulfonamides is 1. The van der Waals surface area contributed by atoms with Gasteiger partial charge in [0.1, 0.15) is 0 Å². The summed E-state index contributed by atoms with van der Waals surface area (Å²) in [4.78, 5) is 4.50. The van der Waals surface area contributed by atoms with Crippen molar-refractivity contribution in [2.45, 2.75) is 38.0 Å². The Morgan fingerprint density at radius 2 is 1.93 bits per heavy atom. The Kier molecular flexibility index (Phi) is 3.97. The van der Waals surface area contributed by atoms with Gasteiger partial charge < -0.3 is 4.52 Å². The largest absolute Gasteiger partial charge is 0.332 e. The van der Waals surface area contributed by atoms with Gasteiger partial charge in [0.05, 0.1) is 4.90 Å². The molecule has 0 aliphatic heterocycles. The molecule has 4 rings (SSSR count). The standard InChI is InChI=1S/C18H21N5O3S/c1-18(2)9-8-13-14(10-18)23(3)21-15(13)17-20-16(22-26-17)11-4-6-12(7-5-11)27(19,24)25/h4-7H,8-10H2,1-3H3,(H2,19,24,25). The lowest BCUT2D eigenvalue weighted by Crippen LogP contribution is -2.23. The Morgan fingerprint density at radius 3 is 2.59 bits per heavy atom. The lowest BCUT2D eigenvalue weighted by molar-refractivity contribution is 0.306. The number of nitrogens with two attached hydrogens (primary N) is 1. The summed E-state index contributed by atoms with van der Waals surface area (Å²) < 4.78 is 30.1. The fraction of sp³-hybridized carbons (Fsp3) is 0.389. The smallest absolute Gasteiger partial charge is 0.279 e. The molecule has 0 bridgehead atoms. The minimum absolute atomic E-state index is 0.0383. The number of benzene rings is 1. The molecule has 2 aromatic heterocycles. The van der Waals surface area contributed by atoms with Crippen LogP contribution >= 0.6 is 0 Å². The monoisotopic (exact) mass is 387 g/mol. The Hall–Kier alpha value is -2.52. The molecule has 2 heterocycles. The van der Waals surface area contributed by atoms with Crippen LogP contribution in [0.5, 0.6) is 0 Å². The molecule has 0 saturated heterocycles. The van der Waals surface area contributed by atoms with Gasteiger partial charge in [0.2, 0.25) is 15.8 Å². The molecule has 9 heteroatoms. The van der Waals surface area contributed by atoms with E-state index in [2.05, 4.69) is 29.1 Å². The van der Waals surface area contributed by atoms with Crippen LogP contribution in [0.15, 0.2) is 33.7 Å². The van der Waals surface area contributed by atoms with Gasteiger partial charge in [-0.3, -0.25) is 4.68 Å². The minimum atomic E-state index is -3.73. The Labute approximate surface area is 157 Å². The highest BCUT2D eigenvalue weighted by molar-refractivity contribution is 7.89. The first kappa shape index (κ1) is 17.9. The van der Waals surface area contributed by atoms with Crippen molar-refractivity contribution >= 4 is 10.0 Å². The second kappa shape index (κ2) is 6.00. The second-order valence-electron chi connectivity index (χ2n) is 7.73. The second-order valence-corrected chi connectivity index (χ2v) is 9.29. The van der Waals surface area contributed by atoms with E-state index in [-0.39, 0.29) is 10.3 Å². The molecule has 0 spiro atoms. The van der Waals surface area contributed by atoms with Crippen molar-refractivity contribution in [2.24, 2.45) is 17.6 Å². The summed E-state index contributed by atoms with van der Waals surface area (Å²) in [5.74, 6) is 0.749. The summed E-state index contributed by atoms with van der Waals surface area (Å²) >= 11 is 0. The van der Waals surface area contributed by atoms with Crippen LogP contribution in [0.3, 0.4) is 0 Å². The molecule has 0 fully saturated rings. The van der Waals surface area contributed by atoms with E-state index in [4.69, 9.17) is 9.66 Å². The Balaban J connectivity index is 1.68. The number of aromatic nitrogens is 4. The number of nitrogens with zero attached hydrogens (tertiary/aromatic N) is 4. The molecular formula is C18H21N5O3S. The molecule has 142 valence electrons. The molecule has 0 radical (unpaired) electrons. The van der Waals surface area contributed by atoms with Crippen LogP contribution in [-0.2, 0) is 29.9 Å². The number of aryl methyl sites for hydroxylation is 1. The first-order chi connectivity index (χ1) is 12.6. The van der Waals surface area contributed by atoms with E-state index in [1.807, 2.05) is 11.7 Å². The third kappa shape index (κ3) is 3.28. The van der Waals surface area contributed by atoms with E-state index < -0.39 is 10.0 Å². The highest BCUT2D eigenvalue weighted by Crippen LogP contribution is 2.38. The van der Waals surface area contributed by atoms with E-state index in [0.717, 1.165) is 30.5 Å². The first-order valence-corrected chi connectivity index (χ1v) is 10.2. The van der Waals surface area contributed by atoms with Gasteiger partial charge in [-0.15, -0.1) is 0 Å². The van der Waals surface area contributed by atoms with E-state index in [1.54, 1.807) is 12.1 Å². The quantitative estimate of drug-likeness (QED) is 0.737. The molecule has 0 atom stereocenters. The average molecular weight is 387 g/mol. The Bertz CT molecular complexity index is 1110. The van der Waals surface area contributed by atoms with E-state index in [9.17, 15) is 8.42 Å². The van der Waals surface area contributed by atoms with Gasteiger partial charge in [-0.1, -0.05) is 19.0 Å². The van der Waals surface area contributed by atoms with E-state index >= 15 is 0 Å². The third-order valence-corrected chi connectivity index (χ3v) is 5.97. The van der Waals surface area contributed by atoms with Crippen LogP contribution in [0.25, 0.3) is 23.0 Å². The van der Waals surface area contributed by atoms with Crippen molar-refractivity contribution in [2.75, 3.05) is 0 Å². The molecule has 1 aliphatic rings. The predicted octanol–water partition coefficient (Wildman–Crippen LogP) is 2.30. The van der Waals surface area contributed by atoms with Crippen molar-refractivity contribution in [1.29, 1.82) is 0 Å². The minimum Gasteiger partial charge on any atom is -0.332 e. The van der Waals surface area contributed by atoms with Crippen LogP contribution in [-0.4, -0.2) is 28.3 Å².